The molecule has 4 nitrogen and oxygen atoms in total. The smallest absolute Gasteiger partial charge is 0.227 e. The number of carbonyl (C=O) groups is 1. The van der Waals surface area contributed by atoms with Gasteiger partial charge in [0, 0.05) is 49.4 Å². The van der Waals surface area contributed by atoms with Gasteiger partial charge < -0.3 is 10.2 Å². The van der Waals surface area contributed by atoms with E-state index in [4.69, 9.17) is 0 Å². The predicted octanol–water partition coefficient (Wildman–Crippen LogP) is 5.48. The zero-order chi connectivity index (χ0) is 23.0. The van der Waals surface area contributed by atoms with Gasteiger partial charge in [-0.3, -0.25) is 9.69 Å². The molecular weight excluding hydrogens is 481 g/mol. The van der Waals surface area contributed by atoms with Crippen molar-refractivity contribution in [2.45, 2.75) is 25.9 Å². The topological polar surface area (TPSA) is 35.6 Å². The van der Waals surface area contributed by atoms with Gasteiger partial charge in [0.2, 0.25) is 5.91 Å². The second-order valence-corrected chi connectivity index (χ2v) is 9.34. The average molecular weight is 510 g/mol. The lowest BCUT2D eigenvalue weighted by Crippen LogP contribution is -2.39. The molecule has 0 saturated carbocycles. The third-order valence-corrected chi connectivity index (χ3v) is 6.48. The molecular formula is C27H29BrFN3O. The van der Waals surface area contributed by atoms with Crippen LogP contribution in [0.1, 0.15) is 23.1 Å². The van der Waals surface area contributed by atoms with Crippen molar-refractivity contribution in [1.29, 1.82) is 0 Å². The molecule has 33 heavy (non-hydrogen) atoms. The number of nitrogens with zero attached hydrogens (tertiary/aromatic N) is 2. The van der Waals surface area contributed by atoms with Crippen molar-refractivity contribution >= 4 is 27.5 Å². The number of benzene rings is 3. The van der Waals surface area contributed by atoms with E-state index < -0.39 is 0 Å². The van der Waals surface area contributed by atoms with Gasteiger partial charge in [-0.1, -0.05) is 64.5 Å². The highest BCUT2D eigenvalue weighted by Gasteiger charge is 2.20. The summed E-state index contributed by atoms with van der Waals surface area (Å²) in [6, 6.07) is 23.1. The molecule has 172 valence electrons. The summed E-state index contributed by atoms with van der Waals surface area (Å²) in [5.41, 5.74) is 3.79. The highest BCUT2D eigenvalue weighted by atomic mass is 79.9. The molecule has 1 aliphatic rings. The first kappa shape index (κ1) is 23.5. The van der Waals surface area contributed by atoms with Gasteiger partial charge >= 0.3 is 0 Å². The van der Waals surface area contributed by atoms with Crippen molar-refractivity contribution in [3.05, 3.63) is 99.8 Å². The van der Waals surface area contributed by atoms with Gasteiger partial charge in [-0.05, 0) is 47.4 Å². The molecule has 0 aromatic heterocycles. The van der Waals surface area contributed by atoms with Gasteiger partial charge in [0.1, 0.15) is 5.82 Å². The molecule has 1 aliphatic heterocycles. The Morgan fingerprint density at radius 1 is 0.970 bits per heavy atom. The fraction of sp³-hybridized carbons (Fsp3) is 0.296. The third-order valence-electron chi connectivity index (χ3n) is 5.98. The van der Waals surface area contributed by atoms with Crippen LogP contribution >= 0.6 is 15.9 Å². The highest BCUT2D eigenvalue weighted by molar-refractivity contribution is 9.10. The maximum atomic E-state index is 14.2. The SMILES string of the molecule is O=C(Cc1ccccc1F)N1CCN(Cc2ccccc2)CCCNc2ccc(Br)cc2C1. The van der Waals surface area contributed by atoms with Crippen LogP contribution in [0, 0.1) is 5.82 Å². The summed E-state index contributed by atoms with van der Waals surface area (Å²) in [5.74, 6) is -0.399. The number of carbonyl (C=O) groups excluding carboxylic acids is 1. The summed E-state index contributed by atoms with van der Waals surface area (Å²) in [7, 11) is 0. The number of hydrogen-bond donors (Lipinski definition) is 1. The molecule has 0 aliphatic carbocycles. The Bertz CT molecular complexity index is 1080. The lowest BCUT2D eigenvalue weighted by molar-refractivity contribution is -0.131. The molecule has 1 heterocycles. The number of rotatable bonds is 4. The molecule has 4 rings (SSSR count). The van der Waals surface area contributed by atoms with Gasteiger partial charge in [-0.15, -0.1) is 0 Å². The molecule has 3 aromatic carbocycles. The van der Waals surface area contributed by atoms with Gasteiger partial charge in [0.25, 0.3) is 0 Å². The van der Waals surface area contributed by atoms with E-state index in [-0.39, 0.29) is 18.1 Å². The molecule has 0 bridgehead atoms. The van der Waals surface area contributed by atoms with E-state index in [2.05, 4.69) is 62.5 Å². The van der Waals surface area contributed by atoms with Crippen LogP contribution in [0.4, 0.5) is 10.1 Å². The quantitative estimate of drug-likeness (QED) is 0.505. The first-order chi connectivity index (χ1) is 16.1. The Kier molecular flexibility index (Phi) is 8.13. The minimum absolute atomic E-state index is 0.0577. The summed E-state index contributed by atoms with van der Waals surface area (Å²) in [6.07, 6.45) is 1.06. The maximum Gasteiger partial charge on any atom is 0.227 e. The number of halogens is 2. The van der Waals surface area contributed by atoms with Gasteiger partial charge in [0.05, 0.1) is 6.42 Å². The number of fused-ring (bicyclic) bond motifs is 1. The van der Waals surface area contributed by atoms with Crippen molar-refractivity contribution in [3.63, 3.8) is 0 Å². The summed E-state index contributed by atoms with van der Waals surface area (Å²) >= 11 is 3.56. The van der Waals surface area contributed by atoms with E-state index in [1.165, 1.54) is 11.6 Å². The number of amides is 1. The molecule has 0 saturated heterocycles. The van der Waals surface area contributed by atoms with E-state index in [9.17, 15) is 9.18 Å². The second kappa shape index (κ2) is 11.4. The summed E-state index contributed by atoms with van der Waals surface area (Å²) in [6.45, 7) is 4.47. The fourth-order valence-electron chi connectivity index (χ4n) is 4.18. The van der Waals surface area contributed by atoms with Crippen LogP contribution in [0.3, 0.4) is 0 Å². The van der Waals surface area contributed by atoms with Crippen molar-refractivity contribution in [3.8, 4) is 0 Å². The lowest BCUT2D eigenvalue weighted by atomic mass is 10.1. The summed E-state index contributed by atoms with van der Waals surface area (Å²) in [5, 5.41) is 3.55. The molecule has 3 aromatic rings. The van der Waals surface area contributed by atoms with Crippen molar-refractivity contribution in [1.82, 2.24) is 9.80 Å². The Labute approximate surface area is 203 Å². The van der Waals surface area contributed by atoms with Gasteiger partial charge in [-0.25, -0.2) is 4.39 Å². The first-order valence-corrected chi connectivity index (χ1v) is 12.2. The fourth-order valence-corrected chi connectivity index (χ4v) is 4.59. The van der Waals surface area contributed by atoms with Crippen LogP contribution in [-0.2, 0) is 24.3 Å². The minimum Gasteiger partial charge on any atom is -0.385 e. The largest absolute Gasteiger partial charge is 0.385 e. The molecule has 1 N–H and O–H groups in total. The second-order valence-electron chi connectivity index (χ2n) is 8.43. The monoisotopic (exact) mass is 509 g/mol. The summed E-state index contributed by atoms with van der Waals surface area (Å²) in [4.78, 5) is 17.6. The van der Waals surface area contributed by atoms with E-state index in [1.807, 2.05) is 17.0 Å². The number of anilines is 1. The van der Waals surface area contributed by atoms with Crippen molar-refractivity contribution in [2.24, 2.45) is 0 Å². The Morgan fingerprint density at radius 3 is 2.58 bits per heavy atom. The van der Waals surface area contributed by atoms with Gasteiger partial charge in [-0.2, -0.15) is 0 Å². The third kappa shape index (κ3) is 6.65. The van der Waals surface area contributed by atoms with Crippen LogP contribution in [0.25, 0.3) is 0 Å². The van der Waals surface area contributed by atoms with Crippen LogP contribution in [0.2, 0.25) is 0 Å². The molecule has 6 heteroatoms. The van der Waals surface area contributed by atoms with Crippen LogP contribution in [0.15, 0.2) is 77.3 Å². The normalized spacial score (nSPS) is 15.3. The molecule has 0 atom stereocenters. The van der Waals surface area contributed by atoms with Crippen LogP contribution in [0.5, 0.6) is 0 Å². The van der Waals surface area contributed by atoms with E-state index in [1.54, 1.807) is 18.2 Å². The zero-order valence-electron chi connectivity index (χ0n) is 18.6. The predicted molar refractivity (Wildman–Crippen MR) is 134 cm³/mol. The molecule has 0 fully saturated rings. The van der Waals surface area contributed by atoms with E-state index >= 15 is 0 Å². The Morgan fingerprint density at radius 2 is 1.76 bits per heavy atom. The standard InChI is InChI=1S/C27H29BrFN3O/c28-24-11-12-26-23(17-24)20-32(27(33)18-22-9-4-5-10-25(22)29)16-15-31(14-6-13-30-26)19-21-7-2-1-3-8-21/h1-5,7-12,17,30H,6,13-16,18-20H2. The molecule has 0 radical (unpaired) electrons. The Balaban J connectivity index is 1.56. The molecule has 1 amide bonds. The van der Waals surface area contributed by atoms with Crippen molar-refractivity contribution < 1.29 is 9.18 Å². The average Bonchev–Trinajstić information content (AvgIpc) is 2.85. The zero-order valence-corrected chi connectivity index (χ0v) is 20.2. The van der Waals surface area contributed by atoms with E-state index in [0.29, 0.717) is 18.7 Å². The minimum atomic E-state index is -0.334. The molecule has 0 spiro atoms. The number of hydrogen-bond acceptors (Lipinski definition) is 3. The number of nitrogens with one attached hydrogen (secondary N) is 1. The Hall–Kier alpha value is -2.70. The van der Waals surface area contributed by atoms with Crippen molar-refractivity contribution in [2.75, 3.05) is 31.5 Å². The van der Waals surface area contributed by atoms with E-state index in [0.717, 1.165) is 48.3 Å². The summed E-state index contributed by atoms with van der Waals surface area (Å²) < 4.78 is 15.2. The molecule has 0 unspecified atom stereocenters. The lowest BCUT2D eigenvalue weighted by Gasteiger charge is -2.28. The first-order valence-electron chi connectivity index (χ1n) is 11.4. The highest BCUT2D eigenvalue weighted by Crippen LogP contribution is 2.24. The van der Waals surface area contributed by atoms with Crippen LogP contribution in [-0.4, -0.2) is 41.9 Å². The van der Waals surface area contributed by atoms with Crippen LogP contribution < -0.4 is 5.32 Å². The van der Waals surface area contributed by atoms with Gasteiger partial charge in [0.15, 0.2) is 0 Å². The maximum absolute atomic E-state index is 14.2.